The van der Waals surface area contributed by atoms with Crippen LogP contribution in [0.1, 0.15) is 23.5 Å². The average Bonchev–Trinajstić information content (AvgIpc) is 3.02. The third kappa shape index (κ3) is 5.39. The van der Waals surface area contributed by atoms with Gasteiger partial charge in [0.25, 0.3) is 0 Å². The van der Waals surface area contributed by atoms with Gasteiger partial charge in [-0.15, -0.1) is 11.3 Å². The summed E-state index contributed by atoms with van der Waals surface area (Å²) in [6.07, 6.45) is -6.00. The highest BCUT2D eigenvalue weighted by atomic mass is 32.1. The maximum atomic E-state index is 13.4. The lowest BCUT2D eigenvalue weighted by atomic mass is 9.99. The van der Waals surface area contributed by atoms with Crippen molar-refractivity contribution in [3.8, 4) is 5.75 Å². The van der Waals surface area contributed by atoms with Gasteiger partial charge in [-0.1, -0.05) is 12.1 Å². The molecule has 1 unspecified atom stereocenters. The smallest absolute Gasteiger partial charge is 0.424 e. The normalized spacial score (nSPS) is 13.9. The van der Waals surface area contributed by atoms with E-state index in [1.165, 1.54) is 30.5 Å². The molecular formula is C17H18F4N2O3S. The Labute approximate surface area is 157 Å². The van der Waals surface area contributed by atoms with Gasteiger partial charge in [-0.2, -0.15) is 13.2 Å². The van der Waals surface area contributed by atoms with Crippen LogP contribution < -0.4 is 10.1 Å². The number of thiazole rings is 1. The third-order valence-corrected chi connectivity index (χ3v) is 4.71. The molecule has 0 saturated heterocycles. The van der Waals surface area contributed by atoms with Gasteiger partial charge in [-0.25, -0.2) is 9.37 Å². The second-order valence-corrected chi connectivity index (χ2v) is 6.67. The zero-order valence-corrected chi connectivity index (χ0v) is 15.2. The first kappa shape index (κ1) is 21.1. The molecule has 2 N–H and O–H groups in total. The second kappa shape index (κ2) is 8.66. The third-order valence-electron chi connectivity index (χ3n) is 3.60. The van der Waals surface area contributed by atoms with Gasteiger partial charge in [0.2, 0.25) is 11.5 Å². The first-order valence-electron chi connectivity index (χ1n) is 7.99. The molecule has 0 saturated carbocycles. The summed E-state index contributed by atoms with van der Waals surface area (Å²) in [7, 11) is 0. The minimum Gasteiger partial charge on any atom is -0.490 e. The van der Waals surface area contributed by atoms with Crippen LogP contribution in [0.4, 0.5) is 17.6 Å². The molecule has 0 aliphatic rings. The quantitative estimate of drug-likeness (QED) is 0.521. The predicted octanol–water partition coefficient (Wildman–Crippen LogP) is 3.32. The molecule has 0 fully saturated rings. The first-order chi connectivity index (χ1) is 12.6. The topological polar surface area (TPSA) is 71.5 Å². The van der Waals surface area contributed by atoms with Crippen molar-refractivity contribution in [1.82, 2.24) is 10.3 Å². The van der Waals surface area contributed by atoms with E-state index in [2.05, 4.69) is 10.3 Å². The lowest BCUT2D eigenvalue weighted by Crippen LogP contribution is -2.46. The van der Waals surface area contributed by atoms with Crippen molar-refractivity contribution in [2.45, 2.75) is 31.5 Å². The Morgan fingerprint density at radius 3 is 2.63 bits per heavy atom. The number of carbonyl (C=O) groups is 1. The highest BCUT2D eigenvalue weighted by Crippen LogP contribution is 2.42. The Balaban J connectivity index is 1.85. The van der Waals surface area contributed by atoms with Crippen molar-refractivity contribution < 1.29 is 32.2 Å². The summed E-state index contributed by atoms with van der Waals surface area (Å²) in [6.45, 7) is 1.57. The number of carbonyl (C=O) groups excluding carboxylic acids is 1. The molecule has 1 aromatic carbocycles. The van der Waals surface area contributed by atoms with Gasteiger partial charge < -0.3 is 15.2 Å². The number of nitrogens with one attached hydrogen (secondary N) is 1. The number of rotatable bonds is 8. The molecule has 0 radical (unpaired) electrons. The molecule has 0 spiro atoms. The number of hydrogen-bond donors (Lipinski definition) is 2. The van der Waals surface area contributed by atoms with Crippen LogP contribution in [0, 0.1) is 12.7 Å². The summed E-state index contributed by atoms with van der Waals surface area (Å²) >= 11 is 0.640. The molecule has 27 heavy (non-hydrogen) atoms. The summed E-state index contributed by atoms with van der Waals surface area (Å²) < 4.78 is 58.5. The highest BCUT2D eigenvalue weighted by Gasteiger charge is 2.58. The monoisotopic (exact) mass is 406 g/mol. The van der Waals surface area contributed by atoms with E-state index >= 15 is 0 Å². The minimum absolute atomic E-state index is 0.0120. The van der Waals surface area contributed by atoms with Crippen LogP contribution >= 0.6 is 11.3 Å². The van der Waals surface area contributed by atoms with Gasteiger partial charge in [-0.05, 0) is 25.5 Å². The van der Waals surface area contributed by atoms with E-state index in [0.717, 1.165) is 0 Å². The molecule has 148 valence electrons. The number of amides is 1. The van der Waals surface area contributed by atoms with Gasteiger partial charge in [0.05, 0.1) is 13.0 Å². The Morgan fingerprint density at radius 2 is 2.04 bits per heavy atom. The molecule has 5 nitrogen and oxygen atoms in total. The van der Waals surface area contributed by atoms with Gasteiger partial charge in [0, 0.05) is 17.6 Å². The van der Waals surface area contributed by atoms with Crippen LogP contribution in [0.3, 0.4) is 0 Å². The molecule has 0 aliphatic heterocycles. The Kier molecular flexibility index (Phi) is 6.77. The number of aliphatic hydroxyl groups is 1. The molecular weight excluding hydrogens is 388 g/mol. The number of alkyl halides is 3. The fourth-order valence-electron chi connectivity index (χ4n) is 2.18. The van der Waals surface area contributed by atoms with Crippen LogP contribution in [-0.4, -0.2) is 35.3 Å². The standard InChI is InChI=1S/C17H18F4N2O3S/c1-11-10-27-15(23-11)16(25,17(19,20)21)9-14(24)22-7-4-8-26-13-6-3-2-5-12(13)18/h2-3,5-6,10,25H,4,7-9H2,1H3,(H,22,24). The van der Waals surface area contributed by atoms with E-state index in [-0.39, 0.29) is 25.3 Å². The van der Waals surface area contributed by atoms with Crippen molar-refractivity contribution in [2.75, 3.05) is 13.2 Å². The number of hydrogen-bond acceptors (Lipinski definition) is 5. The molecule has 1 aromatic heterocycles. The van der Waals surface area contributed by atoms with Crippen LogP contribution in [-0.2, 0) is 10.4 Å². The summed E-state index contributed by atoms with van der Waals surface area (Å²) in [5.41, 5.74) is -3.02. The number of aromatic nitrogens is 1. The van der Waals surface area contributed by atoms with Gasteiger partial charge in [0.1, 0.15) is 5.01 Å². The molecule has 1 heterocycles. The number of aryl methyl sites for hydroxylation is 1. The lowest BCUT2D eigenvalue weighted by molar-refractivity contribution is -0.267. The van der Waals surface area contributed by atoms with Crippen LogP contribution in [0.25, 0.3) is 0 Å². The van der Waals surface area contributed by atoms with Crippen molar-refractivity contribution in [3.63, 3.8) is 0 Å². The van der Waals surface area contributed by atoms with Crippen LogP contribution in [0.2, 0.25) is 0 Å². The summed E-state index contributed by atoms with van der Waals surface area (Å²) in [5, 5.41) is 13.2. The number of nitrogens with zero attached hydrogens (tertiary/aromatic N) is 1. The van der Waals surface area contributed by atoms with Gasteiger partial charge >= 0.3 is 6.18 Å². The molecule has 2 rings (SSSR count). The summed E-state index contributed by atoms with van der Waals surface area (Å²) in [4.78, 5) is 15.5. The number of ether oxygens (including phenoxy) is 1. The Morgan fingerprint density at radius 1 is 1.33 bits per heavy atom. The maximum absolute atomic E-state index is 13.4. The lowest BCUT2D eigenvalue weighted by Gasteiger charge is -2.27. The highest BCUT2D eigenvalue weighted by molar-refractivity contribution is 7.09. The first-order valence-corrected chi connectivity index (χ1v) is 8.87. The largest absolute Gasteiger partial charge is 0.490 e. The van der Waals surface area contributed by atoms with E-state index in [0.29, 0.717) is 17.0 Å². The van der Waals surface area contributed by atoms with E-state index in [1.807, 2.05) is 0 Å². The molecule has 1 amide bonds. The SMILES string of the molecule is Cc1csc(C(O)(CC(=O)NCCCOc2ccccc2F)C(F)(F)F)n1. The average molecular weight is 406 g/mol. The number of halogens is 4. The fourth-order valence-corrected chi connectivity index (χ4v) is 3.09. The van der Waals surface area contributed by atoms with Gasteiger partial charge in [-0.3, -0.25) is 4.79 Å². The van der Waals surface area contributed by atoms with E-state index in [9.17, 15) is 27.5 Å². The van der Waals surface area contributed by atoms with Gasteiger partial charge in [0.15, 0.2) is 11.6 Å². The van der Waals surface area contributed by atoms with E-state index in [4.69, 9.17) is 4.74 Å². The van der Waals surface area contributed by atoms with Crippen LogP contribution in [0.15, 0.2) is 29.6 Å². The zero-order chi connectivity index (χ0) is 20.1. The van der Waals surface area contributed by atoms with Crippen molar-refractivity contribution in [3.05, 3.63) is 46.2 Å². The van der Waals surface area contributed by atoms with Crippen molar-refractivity contribution in [1.29, 1.82) is 0 Å². The molecule has 0 aliphatic carbocycles. The zero-order valence-electron chi connectivity index (χ0n) is 14.3. The van der Waals surface area contributed by atoms with E-state index in [1.54, 1.807) is 6.07 Å². The molecule has 10 heteroatoms. The maximum Gasteiger partial charge on any atom is 0.424 e. The number of benzene rings is 1. The molecule has 2 aromatic rings. The second-order valence-electron chi connectivity index (χ2n) is 5.81. The summed E-state index contributed by atoms with van der Waals surface area (Å²) in [6, 6.07) is 5.77. The molecule has 1 atom stereocenters. The van der Waals surface area contributed by atoms with Crippen LogP contribution in [0.5, 0.6) is 5.75 Å². The van der Waals surface area contributed by atoms with E-state index < -0.39 is 34.9 Å². The fraction of sp³-hybridized carbons (Fsp3) is 0.412. The van der Waals surface area contributed by atoms with Crippen molar-refractivity contribution >= 4 is 17.2 Å². The number of para-hydroxylation sites is 1. The molecule has 0 bridgehead atoms. The predicted molar refractivity (Wildman–Crippen MR) is 90.9 cm³/mol. The van der Waals surface area contributed by atoms with Crippen molar-refractivity contribution in [2.24, 2.45) is 0 Å². The Hall–Kier alpha value is -2.20. The summed E-state index contributed by atoms with van der Waals surface area (Å²) in [5.74, 6) is -1.46. The Bertz CT molecular complexity index is 782. The minimum atomic E-state index is -5.05.